The van der Waals surface area contributed by atoms with Crippen LogP contribution in [0.1, 0.15) is 18.5 Å². The van der Waals surface area contributed by atoms with Crippen molar-refractivity contribution in [1.82, 2.24) is 15.0 Å². The van der Waals surface area contributed by atoms with Gasteiger partial charge in [0.25, 0.3) is 0 Å². The molecule has 56 valence electrons. The maximum Gasteiger partial charge on any atom is 0.155 e. The van der Waals surface area contributed by atoms with Crippen LogP contribution < -0.4 is 0 Å². The highest BCUT2D eigenvalue weighted by atomic mass is 15.4. The highest BCUT2D eigenvalue weighted by Crippen LogP contribution is 2.30. The molecule has 0 N–H and O–H groups in total. The molecule has 0 aromatic carbocycles. The first kappa shape index (κ1) is 6.41. The summed E-state index contributed by atoms with van der Waals surface area (Å²) < 4.78 is 1.83. The number of rotatable bonds is 2. The molecular weight excluding hydrogens is 138 g/mol. The zero-order chi connectivity index (χ0) is 7.68. The summed E-state index contributed by atoms with van der Waals surface area (Å²) in [6.07, 6.45) is 9.61. The van der Waals surface area contributed by atoms with Gasteiger partial charge in [0.2, 0.25) is 0 Å². The molecule has 0 atom stereocenters. The number of hydrogen-bond donors (Lipinski definition) is 0. The summed E-state index contributed by atoms with van der Waals surface area (Å²) in [5, 5.41) is 7.68. The Hall–Kier alpha value is -1.30. The number of hydrogen-bond acceptors (Lipinski definition) is 2. The Bertz CT molecular complexity index is 291. The molecule has 0 unspecified atom stereocenters. The average Bonchev–Trinajstić information content (AvgIpc) is 2.68. The summed E-state index contributed by atoms with van der Waals surface area (Å²) in [5.41, 5.74) is 0.630. The Morgan fingerprint density at radius 1 is 1.73 bits per heavy atom. The van der Waals surface area contributed by atoms with Crippen LogP contribution in [0.15, 0.2) is 6.20 Å². The van der Waals surface area contributed by atoms with Gasteiger partial charge in [-0.2, -0.15) is 0 Å². The van der Waals surface area contributed by atoms with Gasteiger partial charge in [-0.25, -0.2) is 0 Å². The first-order valence-electron chi connectivity index (χ1n) is 3.75. The molecule has 3 heteroatoms. The predicted octanol–water partition coefficient (Wildman–Crippen LogP) is 0.669. The first-order chi connectivity index (χ1) is 5.38. The molecule has 11 heavy (non-hydrogen) atoms. The zero-order valence-corrected chi connectivity index (χ0v) is 6.20. The molecule has 0 amide bonds. The van der Waals surface area contributed by atoms with Crippen LogP contribution in [0.3, 0.4) is 0 Å². The van der Waals surface area contributed by atoms with E-state index in [0.717, 1.165) is 12.5 Å². The van der Waals surface area contributed by atoms with Crippen molar-refractivity contribution in [2.24, 2.45) is 5.92 Å². The van der Waals surface area contributed by atoms with Crippen LogP contribution in [0, 0.1) is 18.3 Å². The van der Waals surface area contributed by atoms with Crippen LogP contribution in [0.4, 0.5) is 0 Å². The predicted molar refractivity (Wildman–Crippen MR) is 40.7 cm³/mol. The Labute approximate surface area is 65.4 Å². The van der Waals surface area contributed by atoms with Crippen LogP contribution in [-0.4, -0.2) is 15.0 Å². The van der Waals surface area contributed by atoms with E-state index in [1.165, 1.54) is 12.8 Å². The van der Waals surface area contributed by atoms with Gasteiger partial charge in [-0.15, -0.1) is 11.5 Å². The first-order valence-corrected chi connectivity index (χ1v) is 3.75. The Kier molecular flexibility index (Phi) is 1.39. The number of aromatic nitrogens is 3. The van der Waals surface area contributed by atoms with Gasteiger partial charge < -0.3 is 0 Å². The summed E-state index contributed by atoms with van der Waals surface area (Å²) in [6.45, 7) is 0.981. The largest absolute Gasteiger partial charge is 0.251 e. The molecule has 2 rings (SSSR count). The topological polar surface area (TPSA) is 30.7 Å². The van der Waals surface area contributed by atoms with Gasteiger partial charge in [-0.1, -0.05) is 5.21 Å². The summed E-state index contributed by atoms with van der Waals surface area (Å²) >= 11 is 0. The van der Waals surface area contributed by atoms with Crippen molar-refractivity contribution >= 4 is 0 Å². The molecule has 1 aliphatic carbocycles. The van der Waals surface area contributed by atoms with Crippen molar-refractivity contribution in [3.8, 4) is 12.3 Å². The van der Waals surface area contributed by atoms with Crippen LogP contribution in [0.5, 0.6) is 0 Å². The molecule has 1 heterocycles. The molecule has 0 spiro atoms. The third-order valence-electron chi connectivity index (χ3n) is 1.83. The van der Waals surface area contributed by atoms with Crippen molar-refractivity contribution in [2.75, 3.05) is 0 Å². The van der Waals surface area contributed by atoms with Crippen LogP contribution in [0.2, 0.25) is 0 Å². The van der Waals surface area contributed by atoms with Crippen molar-refractivity contribution in [3.63, 3.8) is 0 Å². The second-order valence-electron chi connectivity index (χ2n) is 2.91. The normalized spacial score (nSPS) is 16.3. The molecule has 3 nitrogen and oxygen atoms in total. The second-order valence-corrected chi connectivity index (χ2v) is 2.91. The van der Waals surface area contributed by atoms with E-state index in [1.807, 2.05) is 10.9 Å². The zero-order valence-electron chi connectivity index (χ0n) is 6.20. The fourth-order valence-electron chi connectivity index (χ4n) is 1.02. The summed E-state index contributed by atoms with van der Waals surface area (Å²) in [6, 6.07) is 0. The van der Waals surface area contributed by atoms with Crippen molar-refractivity contribution < 1.29 is 0 Å². The monoisotopic (exact) mass is 147 g/mol. The lowest BCUT2D eigenvalue weighted by atomic mass is 10.4. The molecule has 1 aliphatic rings. The lowest BCUT2D eigenvalue weighted by Gasteiger charge is -1.93. The third-order valence-corrected chi connectivity index (χ3v) is 1.83. The SMILES string of the molecule is C#Cc1cn(CC2CC2)nn1. The van der Waals surface area contributed by atoms with Crippen molar-refractivity contribution in [1.29, 1.82) is 0 Å². The minimum Gasteiger partial charge on any atom is -0.251 e. The smallest absolute Gasteiger partial charge is 0.155 e. The van der Waals surface area contributed by atoms with Crippen molar-refractivity contribution in [3.05, 3.63) is 11.9 Å². The Morgan fingerprint density at radius 2 is 2.55 bits per heavy atom. The number of nitrogens with zero attached hydrogens (tertiary/aromatic N) is 3. The molecule has 1 fully saturated rings. The van der Waals surface area contributed by atoms with E-state index < -0.39 is 0 Å². The van der Waals surface area contributed by atoms with Crippen molar-refractivity contribution in [2.45, 2.75) is 19.4 Å². The van der Waals surface area contributed by atoms with Gasteiger partial charge in [0, 0.05) is 6.54 Å². The molecule has 1 aromatic rings. The van der Waals surface area contributed by atoms with Gasteiger partial charge >= 0.3 is 0 Å². The highest BCUT2D eigenvalue weighted by molar-refractivity contribution is 5.18. The summed E-state index contributed by atoms with van der Waals surface area (Å²) in [5.74, 6) is 3.27. The van der Waals surface area contributed by atoms with E-state index in [0.29, 0.717) is 5.69 Å². The van der Waals surface area contributed by atoms with Gasteiger partial charge in [0.15, 0.2) is 5.69 Å². The Morgan fingerprint density at radius 3 is 3.09 bits per heavy atom. The lowest BCUT2D eigenvalue weighted by molar-refractivity contribution is 0.544. The fraction of sp³-hybridized carbons (Fsp3) is 0.500. The van der Waals surface area contributed by atoms with E-state index >= 15 is 0 Å². The molecule has 0 radical (unpaired) electrons. The molecule has 0 bridgehead atoms. The van der Waals surface area contributed by atoms with Gasteiger partial charge in [-0.3, -0.25) is 4.68 Å². The standard InChI is InChI=1S/C8H9N3/c1-2-8-6-11(10-9-8)5-7-3-4-7/h1,6-7H,3-5H2. The van der Waals surface area contributed by atoms with Gasteiger partial charge in [0.1, 0.15) is 0 Å². The minimum atomic E-state index is 0.630. The third kappa shape index (κ3) is 1.40. The van der Waals surface area contributed by atoms with Crippen LogP contribution >= 0.6 is 0 Å². The fourth-order valence-corrected chi connectivity index (χ4v) is 1.02. The number of terminal acetylenes is 1. The van der Waals surface area contributed by atoms with E-state index in [2.05, 4.69) is 16.2 Å². The van der Waals surface area contributed by atoms with Crippen LogP contribution in [0.25, 0.3) is 0 Å². The average molecular weight is 147 g/mol. The highest BCUT2D eigenvalue weighted by Gasteiger charge is 2.21. The minimum absolute atomic E-state index is 0.630. The van der Waals surface area contributed by atoms with E-state index in [9.17, 15) is 0 Å². The maximum absolute atomic E-state index is 5.14. The maximum atomic E-state index is 5.14. The summed E-state index contributed by atoms with van der Waals surface area (Å²) in [7, 11) is 0. The Balaban J connectivity index is 2.07. The van der Waals surface area contributed by atoms with Crippen LogP contribution in [-0.2, 0) is 6.54 Å². The second kappa shape index (κ2) is 2.39. The quantitative estimate of drug-likeness (QED) is 0.575. The van der Waals surface area contributed by atoms with Gasteiger partial charge in [-0.05, 0) is 24.7 Å². The lowest BCUT2D eigenvalue weighted by Crippen LogP contribution is -1.99. The van der Waals surface area contributed by atoms with Gasteiger partial charge in [0.05, 0.1) is 6.20 Å². The molecule has 0 saturated heterocycles. The van der Waals surface area contributed by atoms with E-state index in [-0.39, 0.29) is 0 Å². The molecule has 0 aliphatic heterocycles. The van der Waals surface area contributed by atoms with E-state index in [1.54, 1.807) is 0 Å². The molecule has 1 saturated carbocycles. The molecular formula is C8H9N3. The van der Waals surface area contributed by atoms with E-state index in [4.69, 9.17) is 6.42 Å². The molecule has 1 aromatic heterocycles. The summed E-state index contributed by atoms with van der Waals surface area (Å²) in [4.78, 5) is 0.